The minimum absolute atomic E-state index is 0. The molecule has 0 aliphatic heterocycles. The minimum Gasteiger partial charge on any atom is -0.370 e. The quantitative estimate of drug-likeness (QED) is 0.466. The van der Waals surface area contributed by atoms with Gasteiger partial charge in [0.25, 0.3) is 0 Å². The van der Waals surface area contributed by atoms with Gasteiger partial charge in [0.15, 0.2) is 5.96 Å². The number of rotatable bonds is 4. The lowest BCUT2D eigenvalue weighted by atomic mass is 9.96. The number of aryl methyl sites for hydroxylation is 1. The molecule has 1 saturated carbocycles. The van der Waals surface area contributed by atoms with Crippen LogP contribution >= 0.6 is 35.3 Å². The number of nitrogens with two attached hydrogens (primary N) is 1. The molecule has 0 spiro atoms. The molecule has 2 rings (SSSR count). The van der Waals surface area contributed by atoms with Crippen molar-refractivity contribution < 1.29 is 0 Å². The first-order chi connectivity index (χ1) is 8.74. The highest BCUT2D eigenvalue weighted by Gasteiger charge is 2.13. The number of aliphatic imine (C=N–C) groups is 1. The summed E-state index contributed by atoms with van der Waals surface area (Å²) in [4.78, 5) is 4.35. The molecule has 1 fully saturated rings. The molecule has 0 amide bonds. The molecular formula is C12H22IN5S. The topological polar surface area (TPSA) is 76.2 Å². The first-order valence-electron chi connectivity index (χ1n) is 6.59. The molecule has 0 unspecified atom stereocenters. The normalized spacial score (nSPS) is 17.0. The van der Waals surface area contributed by atoms with Gasteiger partial charge < -0.3 is 11.1 Å². The molecule has 19 heavy (non-hydrogen) atoms. The van der Waals surface area contributed by atoms with E-state index in [4.69, 9.17) is 5.73 Å². The van der Waals surface area contributed by atoms with E-state index in [-0.39, 0.29) is 24.0 Å². The van der Waals surface area contributed by atoms with Crippen molar-refractivity contribution >= 4 is 41.3 Å². The molecule has 1 heterocycles. The van der Waals surface area contributed by atoms with E-state index in [9.17, 15) is 0 Å². The molecule has 0 saturated heterocycles. The predicted molar refractivity (Wildman–Crippen MR) is 90.3 cm³/mol. The molecular weight excluding hydrogens is 373 g/mol. The maximum atomic E-state index is 5.88. The van der Waals surface area contributed by atoms with Crippen molar-refractivity contribution in [2.45, 2.75) is 51.5 Å². The average Bonchev–Trinajstić information content (AvgIpc) is 2.76. The van der Waals surface area contributed by atoms with Gasteiger partial charge in [0.1, 0.15) is 10.0 Å². The van der Waals surface area contributed by atoms with Crippen LogP contribution in [0.5, 0.6) is 0 Å². The molecule has 1 aromatic rings. The lowest BCUT2D eigenvalue weighted by molar-refractivity contribution is 0.412. The molecule has 0 atom stereocenters. The van der Waals surface area contributed by atoms with Gasteiger partial charge in [-0.2, -0.15) is 0 Å². The summed E-state index contributed by atoms with van der Waals surface area (Å²) in [7, 11) is 0. The Labute approximate surface area is 135 Å². The summed E-state index contributed by atoms with van der Waals surface area (Å²) >= 11 is 1.62. The minimum atomic E-state index is 0. The van der Waals surface area contributed by atoms with E-state index in [1.165, 1.54) is 32.1 Å². The van der Waals surface area contributed by atoms with Crippen LogP contribution in [0.4, 0.5) is 0 Å². The Balaban J connectivity index is 0.00000180. The molecule has 0 radical (unpaired) electrons. The van der Waals surface area contributed by atoms with E-state index in [2.05, 4.69) is 20.5 Å². The summed E-state index contributed by atoms with van der Waals surface area (Å²) in [5.74, 6) is 0.572. The third-order valence-corrected chi connectivity index (χ3v) is 4.03. The van der Waals surface area contributed by atoms with Crippen molar-refractivity contribution in [1.29, 1.82) is 0 Å². The summed E-state index contributed by atoms with van der Waals surface area (Å²) in [6.07, 6.45) is 7.20. The number of guanidine groups is 1. The highest BCUT2D eigenvalue weighted by Crippen LogP contribution is 2.17. The van der Waals surface area contributed by atoms with E-state index in [0.717, 1.165) is 16.4 Å². The monoisotopic (exact) mass is 395 g/mol. The second kappa shape index (κ2) is 8.68. The number of aromatic nitrogens is 2. The fraction of sp³-hybridized carbons (Fsp3) is 0.750. The van der Waals surface area contributed by atoms with Crippen molar-refractivity contribution in [3.63, 3.8) is 0 Å². The third-order valence-electron chi connectivity index (χ3n) is 3.13. The van der Waals surface area contributed by atoms with E-state index < -0.39 is 0 Å². The van der Waals surface area contributed by atoms with Gasteiger partial charge in [0, 0.05) is 19.0 Å². The zero-order valence-corrected chi connectivity index (χ0v) is 14.4. The second-order valence-corrected chi connectivity index (χ2v) is 5.98. The van der Waals surface area contributed by atoms with Crippen molar-refractivity contribution in [2.75, 3.05) is 6.54 Å². The van der Waals surface area contributed by atoms with E-state index in [1.807, 2.05) is 6.92 Å². The molecule has 1 aliphatic carbocycles. The van der Waals surface area contributed by atoms with Gasteiger partial charge in [-0.1, -0.05) is 19.3 Å². The predicted octanol–water partition coefficient (Wildman–Crippen LogP) is 2.24. The Morgan fingerprint density at radius 2 is 2.11 bits per heavy atom. The first kappa shape index (κ1) is 16.6. The van der Waals surface area contributed by atoms with Crippen molar-refractivity contribution in [3.05, 3.63) is 10.0 Å². The molecule has 1 aromatic heterocycles. The third kappa shape index (κ3) is 6.03. The summed E-state index contributed by atoms with van der Waals surface area (Å²) in [5.41, 5.74) is 5.88. The van der Waals surface area contributed by atoms with Crippen molar-refractivity contribution in [2.24, 2.45) is 10.7 Å². The summed E-state index contributed by atoms with van der Waals surface area (Å²) in [6.45, 7) is 2.64. The molecule has 5 nitrogen and oxygen atoms in total. The van der Waals surface area contributed by atoms with Crippen LogP contribution in [0.2, 0.25) is 0 Å². The van der Waals surface area contributed by atoms with Crippen LogP contribution in [0, 0.1) is 6.92 Å². The number of nitrogens with zero attached hydrogens (tertiary/aromatic N) is 3. The average molecular weight is 395 g/mol. The molecule has 1 aliphatic rings. The van der Waals surface area contributed by atoms with Crippen LogP contribution in [0.1, 0.15) is 42.1 Å². The van der Waals surface area contributed by atoms with Crippen LogP contribution in [-0.4, -0.2) is 28.7 Å². The summed E-state index contributed by atoms with van der Waals surface area (Å²) < 4.78 is 0. The molecule has 0 bridgehead atoms. The standard InChI is InChI=1S/C12H21N5S.HI/c1-9-16-17-11(18-9)7-8-14-12(13)15-10-5-3-2-4-6-10;/h10H,2-8H2,1H3,(H3,13,14,15);1H. The SMILES string of the molecule is Cc1nnc(CCN=C(N)NC2CCCCC2)s1.I. The van der Waals surface area contributed by atoms with E-state index in [0.29, 0.717) is 18.5 Å². The van der Waals surface area contributed by atoms with Crippen LogP contribution < -0.4 is 11.1 Å². The number of hydrogen-bond acceptors (Lipinski definition) is 4. The van der Waals surface area contributed by atoms with Gasteiger partial charge in [-0.15, -0.1) is 45.5 Å². The highest BCUT2D eigenvalue weighted by atomic mass is 127. The second-order valence-electron chi connectivity index (χ2n) is 4.71. The molecule has 0 aromatic carbocycles. The lowest BCUT2D eigenvalue weighted by Gasteiger charge is -2.23. The Kier molecular flexibility index (Phi) is 7.59. The number of hydrogen-bond donors (Lipinski definition) is 2. The Hall–Kier alpha value is -0.440. The maximum Gasteiger partial charge on any atom is 0.188 e. The molecule has 3 N–H and O–H groups in total. The van der Waals surface area contributed by atoms with Gasteiger partial charge in [-0.3, -0.25) is 4.99 Å². The van der Waals surface area contributed by atoms with Crippen LogP contribution in [0.3, 0.4) is 0 Å². The zero-order chi connectivity index (χ0) is 12.8. The van der Waals surface area contributed by atoms with Crippen molar-refractivity contribution in [1.82, 2.24) is 15.5 Å². The fourth-order valence-corrected chi connectivity index (χ4v) is 2.91. The van der Waals surface area contributed by atoms with Gasteiger partial charge in [-0.25, -0.2) is 0 Å². The first-order valence-corrected chi connectivity index (χ1v) is 7.41. The zero-order valence-electron chi connectivity index (χ0n) is 11.3. The van der Waals surface area contributed by atoms with E-state index >= 15 is 0 Å². The lowest BCUT2D eigenvalue weighted by Crippen LogP contribution is -2.41. The largest absolute Gasteiger partial charge is 0.370 e. The Morgan fingerprint density at radius 1 is 1.37 bits per heavy atom. The molecule has 108 valence electrons. The summed E-state index contributed by atoms with van der Waals surface area (Å²) in [5, 5.41) is 13.4. The Bertz CT molecular complexity index is 401. The molecule has 7 heteroatoms. The number of halogens is 1. The van der Waals surface area contributed by atoms with E-state index in [1.54, 1.807) is 11.3 Å². The van der Waals surface area contributed by atoms with Gasteiger partial charge >= 0.3 is 0 Å². The van der Waals surface area contributed by atoms with Gasteiger partial charge in [0.2, 0.25) is 0 Å². The van der Waals surface area contributed by atoms with Gasteiger partial charge in [-0.05, 0) is 19.8 Å². The van der Waals surface area contributed by atoms with Crippen LogP contribution in [0.25, 0.3) is 0 Å². The van der Waals surface area contributed by atoms with Crippen molar-refractivity contribution in [3.8, 4) is 0 Å². The van der Waals surface area contributed by atoms with Gasteiger partial charge in [0.05, 0.1) is 0 Å². The van der Waals surface area contributed by atoms with Crippen LogP contribution in [-0.2, 0) is 6.42 Å². The summed E-state index contributed by atoms with van der Waals surface area (Å²) in [6, 6.07) is 0.520. The van der Waals surface area contributed by atoms with Crippen LogP contribution in [0.15, 0.2) is 4.99 Å². The fourth-order valence-electron chi connectivity index (χ4n) is 2.21. The maximum absolute atomic E-state index is 5.88. The highest BCUT2D eigenvalue weighted by molar-refractivity contribution is 14.0. The Morgan fingerprint density at radius 3 is 2.74 bits per heavy atom. The number of nitrogens with one attached hydrogen (secondary N) is 1. The smallest absolute Gasteiger partial charge is 0.188 e.